The third-order valence-electron chi connectivity index (χ3n) is 3.13. The van der Waals surface area contributed by atoms with Crippen molar-refractivity contribution in [3.05, 3.63) is 60.7 Å². The molecule has 0 radical (unpaired) electrons. The van der Waals surface area contributed by atoms with Crippen LogP contribution in [0.4, 0.5) is 5.69 Å². The van der Waals surface area contributed by atoms with Crippen molar-refractivity contribution in [2.24, 2.45) is 0 Å². The summed E-state index contributed by atoms with van der Waals surface area (Å²) in [6, 6.07) is 13.1. The number of nitriles is 1. The number of amides is 2. The Morgan fingerprint density at radius 1 is 0.783 bits per heavy atom. The van der Waals surface area contributed by atoms with Gasteiger partial charge in [-0.25, -0.2) is 4.90 Å². The van der Waals surface area contributed by atoms with Crippen LogP contribution in [0.5, 0.6) is 17.2 Å². The molecule has 112 valence electrons. The maximum Gasteiger partial charge on any atom is 0.292 e. The average molecular weight is 306 g/mol. The Labute approximate surface area is 131 Å². The van der Waals surface area contributed by atoms with Crippen molar-refractivity contribution in [1.82, 2.24) is 0 Å². The van der Waals surface area contributed by atoms with E-state index >= 15 is 0 Å². The van der Waals surface area contributed by atoms with Gasteiger partial charge in [-0.2, -0.15) is 0 Å². The van der Waals surface area contributed by atoms with Crippen LogP contribution in [-0.4, -0.2) is 11.8 Å². The maximum absolute atomic E-state index is 11.6. The maximum atomic E-state index is 11.6. The fraction of sp³-hybridized carbons (Fsp3) is 0. The van der Waals surface area contributed by atoms with Gasteiger partial charge in [0.1, 0.15) is 17.2 Å². The molecule has 23 heavy (non-hydrogen) atoms. The Morgan fingerprint density at radius 3 is 1.78 bits per heavy atom. The molecule has 0 N–H and O–H groups in total. The minimum Gasteiger partial charge on any atom is -0.457 e. The molecule has 0 bridgehead atoms. The van der Waals surface area contributed by atoms with Crippen LogP contribution in [0, 0.1) is 11.5 Å². The molecule has 1 aliphatic heterocycles. The number of benzene rings is 2. The molecule has 6 heteroatoms. The minimum atomic E-state index is -0.364. The van der Waals surface area contributed by atoms with Crippen LogP contribution >= 0.6 is 0 Å². The van der Waals surface area contributed by atoms with Crippen molar-refractivity contribution in [2.75, 3.05) is 4.90 Å². The third-order valence-corrected chi connectivity index (χ3v) is 3.13. The molecule has 0 atom stereocenters. The Bertz CT molecular complexity index is 799. The quantitative estimate of drug-likeness (QED) is 0.641. The zero-order valence-electron chi connectivity index (χ0n) is 11.8. The molecule has 2 aromatic rings. The fourth-order valence-corrected chi connectivity index (χ4v) is 2.08. The lowest BCUT2D eigenvalue weighted by Gasteiger charge is -2.14. The van der Waals surface area contributed by atoms with Crippen LogP contribution in [0.15, 0.2) is 60.7 Å². The van der Waals surface area contributed by atoms with E-state index in [4.69, 9.17) is 10.00 Å². The lowest BCUT2D eigenvalue weighted by Crippen LogP contribution is -2.29. The summed E-state index contributed by atoms with van der Waals surface area (Å²) >= 11 is 0. The van der Waals surface area contributed by atoms with Crippen molar-refractivity contribution in [3.8, 4) is 23.5 Å². The predicted molar refractivity (Wildman–Crippen MR) is 80.8 cm³/mol. The van der Waals surface area contributed by atoms with E-state index in [9.17, 15) is 9.59 Å². The summed E-state index contributed by atoms with van der Waals surface area (Å²) in [5, 5.41) is 8.42. The summed E-state index contributed by atoms with van der Waals surface area (Å²) < 4.78 is 10.3. The lowest BCUT2D eigenvalue weighted by atomic mass is 10.2. The van der Waals surface area contributed by atoms with Gasteiger partial charge in [-0.05, 0) is 48.5 Å². The highest BCUT2D eigenvalue weighted by Crippen LogP contribution is 2.27. The first kappa shape index (κ1) is 14.4. The number of carbonyl (C=O) groups excluding carboxylic acids is 2. The summed E-state index contributed by atoms with van der Waals surface area (Å²) in [7, 11) is 0. The molecule has 0 saturated carbocycles. The van der Waals surface area contributed by atoms with E-state index in [0.717, 1.165) is 4.90 Å². The number of ether oxygens (including phenoxy) is 2. The highest BCUT2D eigenvalue weighted by Gasteiger charge is 2.24. The zero-order valence-corrected chi connectivity index (χ0v) is 11.8. The molecular weight excluding hydrogens is 296 g/mol. The van der Waals surface area contributed by atoms with Gasteiger partial charge in [-0.1, -0.05) is 0 Å². The first-order chi connectivity index (χ1) is 11.2. The summed E-state index contributed by atoms with van der Waals surface area (Å²) in [5.74, 6) is 0.815. The predicted octanol–water partition coefficient (Wildman–Crippen LogP) is 2.77. The topological polar surface area (TPSA) is 79.6 Å². The lowest BCUT2D eigenvalue weighted by molar-refractivity contribution is -0.119. The van der Waals surface area contributed by atoms with Gasteiger partial charge in [0.15, 0.2) is 0 Å². The van der Waals surface area contributed by atoms with Crippen molar-refractivity contribution in [3.63, 3.8) is 0 Å². The van der Waals surface area contributed by atoms with Crippen molar-refractivity contribution in [1.29, 1.82) is 5.26 Å². The van der Waals surface area contributed by atoms with Gasteiger partial charge in [-0.3, -0.25) is 9.59 Å². The molecule has 2 aromatic carbocycles. The van der Waals surface area contributed by atoms with Gasteiger partial charge in [-0.15, -0.1) is 5.26 Å². The SMILES string of the molecule is N#COc1ccc(Oc2ccc(N3C(=O)C=CC3=O)cc2)cc1. The van der Waals surface area contributed by atoms with Gasteiger partial charge < -0.3 is 9.47 Å². The standard InChI is InChI=1S/C17H10N2O4/c18-11-22-13-5-7-15(8-6-13)23-14-3-1-12(2-4-14)19-16(20)9-10-17(19)21/h1-10H. The van der Waals surface area contributed by atoms with Crippen molar-refractivity contribution >= 4 is 17.5 Å². The Balaban J connectivity index is 1.71. The Morgan fingerprint density at radius 2 is 1.26 bits per heavy atom. The minimum absolute atomic E-state index is 0.364. The Kier molecular flexibility index (Phi) is 3.77. The van der Waals surface area contributed by atoms with Crippen LogP contribution in [0.2, 0.25) is 0 Å². The van der Waals surface area contributed by atoms with E-state index in [2.05, 4.69) is 4.74 Å². The zero-order chi connectivity index (χ0) is 16.2. The second-order valence-corrected chi connectivity index (χ2v) is 4.61. The van der Waals surface area contributed by atoms with E-state index in [0.29, 0.717) is 22.9 Å². The van der Waals surface area contributed by atoms with E-state index < -0.39 is 0 Å². The molecule has 0 aliphatic carbocycles. The summed E-state index contributed by atoms with van der Waals surface area (Å²) in [6.07, 6.45) is 4.06. The molecule has 2 amide bonds. The number of anilines is 1. The van der Waals surface area contributed by atoms with Gasteiger partial charge >= 0.3 is 0 Å². The number of rotatable bonds is 4. The van der Waals surface area contributed by atoms with Gasteiger partial charge in [0.25, 0.3) is 18.1 Å². The molecule has 6 nitrogen and oxygen atoms in total. The molecule has 0 fully saturated rings. The summed E-state index contributed by atoms with van der Waals surface area (Å²) in [5.41, 5.74) is 0.482. The number of imide groups is 1. The second-order valence-electron chi connectivity index (χ2n) is 4.61. The van der Waals surface area contributed by atoms with Crippen LogP contribution in [-0.2, 0) is 9.59 Å². The molecule has 1 heterocycles. The fourth-order valence-electron chi connectivity index (χ4n) is 2.08. The molecule has 3 rings (SSSR count). The van der Waals surface area contributed by atoms with E-state index in [1.165, 1.54) is 12.2 Å². The summed E-state index contributed by atoms with van der Waals surface area (Å²) in [6.45, 7) is 0. The molecule has 0 saturated heterocycles. The second kappa shape index (κ2) is 6.03. The first-order valence-electron chi connectivity index (χ1n) is 6.67. The van der Waals surface area contributed by atoms with Crippen LogP contribution in [0.1, 0.15) is 0 Å². The van der Waals surface area contributed by atoms with Crippen molar-refractivity contribution < 1.29 is 19.1 Å². The summed E-state index contributed by atoms with van der Waals surface area (Å²) in [4.78, 5) is 24.3. The van der Waals surface area contributed by atoms with E-state index in [-0.39, 0.29) is 11.8 Å². The number of nitrogens with zero attached hydrogens (tertiary/aromatic N) is 2. The molecule has 0 spiro atoms. The Hall–Kier alpha value is -3.59. The molecular formula is C17H10N2O4. The monoisotopic (exact) mass is 306 g/mol. The number of hydrogen-bond acceptors (Lipinski definition) is 5. The van der Waals surface area contributed by atoms with Crippen LogP contribution in [0.3, 0.4) is 0 Å². The first-order valence-corrected chi connectivity index (χ1v) is 6.67. The van der Waals surface area contributed by atoms with Gasteiger partial charge in [0.2, 0.25) is 0 Å². The highest BCUT2D eigenvalue weighted by molar-refractivity contribution is 6.28. The third kappa shape index (κ3) is 3.04. The average Bonchev–Trinajstić information content (AvgIpc) is 2.89. The number of carbonyl (C=O) groups is 2. The normalized spacial score (nSPS) is 13.1. The van der Waals surface area contributed by atoms with Crippen LogP contribution < -0.4 is 14.4 Å². The highest BCUT2D eigenvalue weighted by atomic mass is 16.5. The van der Waals surface area contributed by atoms with Gasteiger partial charge in [0, 0.05) is 12.2 Å². The molecule has 0 unspecified atom stereocenters. The molecule has 1 aliphatic rings. The van der Waals surface area contributed by atoms with E-state index in [1.54, 1.807) is 54.8 Å². The molecule has 0 aromatic heterocycles. The van der Waals surface area contributed by atoms with Crippen molar-refractivity contribution in [2.45, 2.75) is 0 Å². The van der Waals surface area contributed by atoms with E-state index in [1.807, 2.05) is 0 Å². The number of hydrogen-bond donors (Lipinski definition) is 0. The van der Waals surface area contributed by atoms with Gasteiger partial charge in [0.05, 0.1) is 5.69 Å². The largest absolute Gasteiger partial charge is 0.457 e. The smallest absolute Gasteiger partial charge is 0.292 e. The van der Waals surface area contributed by atoms with Crippen LogP contribution in [0.25, 0.3) is 0 Å².